The number of unbranched alkanes of at least 4 members (excludes halogenated alkanes) is 7. The first-order valence-electron chi connectivity index (χ1n) is 8.17. The molecule has 1 atom stereocenters. The second-order valence-electron chi connectivity index (χ2n) is 5.48. The first-order chi connectivity index (χ1) is 10.5. The van der Waals surface area contributed by atoms with E-state index in [9.17, 15) is 9.59 Å². The lowest BCUT2D eigenvalue weighted by Gasteiger charge is -2.26. The van der Waals surface area contributed by atoms with E-state index in [1.165, 1.54) is 45.1 Å². The number of rotatable bonds is 13. The fourth-order valence-corrected chi connectivity index (χ4v) is 2.38. The van der Waals surface area contributed by atoms with Gasteiger partial charge in [-0.3, -0.25) is 4.79 Å². The Labute approximate surface area is 134 Å². The zero-order valence-corrected chi connectivity index (χ0v) is 14.1. The van der Waals surface area contributed by atoms with Gasteiger partial charge in [0.1, 0.15) is 0 Å². The number of carbonyl (C=O) groups excluding carboxylic acids is 2. The third-order valence-corrected chi connectivity index (χ3v) is 3.59. The molecule has 0 N–H and O–H groups in total. The van der Waals surface area contributed by atoms with Gasteiger partial charge in [0.05, 0.1) is 6.26 Å². The highest BCUT2D eigenvalue weighted by molar-refractivity contribution is 5.85. The van der Waals surface area contributed by atoms with E-state index < -0.39 is 17.5 Å². The summed E-state index contributed by atoms with van der Waals surface area (Å²) in [6, 6.07) is 0. The van der Waals surface area contributed by atoms with E-state index in [1.54, 1.807) is 0 Å². The van der Waals surface area contributed by atoms with Crippen LogP contribution in [0.3, 0.4) is 0 Å². The van der Waals surface area contributed by atoms with Gasteiger partial charge in [-0.05, 0) is 12.5 Å². The van der Waals surface area contributed by atoms with Gasteiger partial charge in [0, 0.05) is 13.3 Å². The minimum atomic E-state index is -1.40. The van der Waals surface area contributed by atoms with Gasteiger partial charge in [0.2, 0.25) is 5.60 Å². The van der Waals surface area contributed by atoms with Crippen molar-refractivity contribution < 1.29 is 19.1 Å². The lowest BCUT2D eigenvalue weighted by molar-refractivity contribution is -0.172. The molecule has 0 aromatic heterocycles. The van der Waals surface area contributed by atoms with Crippen molar-refractivity contribution in [2.75, 3.05) is 0 Å². The second-order valence-corrected chi connectivity index (χ2v) is 5.48. The first-order valence-corrected chi connectivity index (χ1v) is 8.17. The van der Waals surface area contributed by atoms with Gasteiger partial charge in [-0.25, -0.2) is 4.79 Å². The van der Waals surface area contributed by atoms with Gasteiger partial charge in [-0.15, -0.1) is 0 Å². The van der Waals surface area contributed by atoms with Crippen LogP contribution in [-0.2, 0) is 19.1 Å². The second kappa shape index (κ2) is 12.0. The van der Waals surface area contributed by atoms with Crippen molar-refractivity contribution in [3.8, 4) is 0 Å². The summed E-state index contributed by atoms with van der Waals surface area (Å²) in [7, 11) is 0. The molecule has 0 radical (unpaired) electrons. The fraction of sp³-hybridized carbons (Fsp3) is 0.667. The van der Waals surface area contributed by atoms with Crippen LogP contribution in [0.25, 0.3) is 0 Å². The first kappa shape index (κ1) is 20.4. The molecule has 0 aromatic rings. The maximum atomic E-state index is 12.0. The molecule has 4 nitrogen and oxygen atoms in total. The summed E-state index contributed by atoms with van der Waals surface area (Å²) in [6.07, 6.45) is 11.9. The zero-order chi connectivity index (χ0) is 16.8. The van der Waals surface area contributed by atoms with Crippen LogP contribution in [0.2, 0.25) is 0 Å². The summed E-state index contributed by atoms with van der Waals surface area (Å²) < 4.78 is 9.98. The van der Waals surface area contributed by atoms with Crippen molar-refractivity contribution in [1.29, 1.82) is 0 Å². The Bertz CT molecular complexity index is 362. The van der Waals surface area contributed by atoms with Crippen LogP contribution in [0.1, 0.15) is 71.6 Å². The monoisotopic (exact) mass is 310 g/mol. The number of hydrogen-bond donors (Lipinski definition) is 0. The topological polar surface area (TPSA) is 52.6 Å². The Morgan fingerprint density at radius 2 is 1.55 bits per heavy atom. The molecule has 0 saturated carbocycles. The van der Waals surface area contributed by atoms with E-state index >= 15 is 0 Å². The number of ether oxygens (including phenoxy) is 2. The van der Waals surface area contributed by atoms with E-state index in [-0.39, 0.29) is 0 Å². The van der Waals surface area contributed by atoms with Gasteiger partial charge < -0.3 is 9.47 Å². The maximum Gasteiger partial charge on any atom is 0.359 e. The molecule has 0 spiro atoms. The molecule has 0 aliphatic heterocycles. The molecule has 0 aliphatic carbocycles. The van der Waals surface area contributed by atoms with Gasteiger partial charge >= 0.3 is 11.9 Å². The Morgan fingerprint density at radius 1 is 1.00 bits per heavy atom. The lowest BCUT2D eigenvalue weighted by Crippen LogP contribution is -2.41. The van der Waals surface area contributed by atoms with Gasteiger partial charge in [-0.2, -0.15) is 0 Å². The van der Waals surface area contributed by atoms with Crippen LogP contribution in [0, 0.1) is 0 Å². The molecule has 126 valence electrons. The average molecular weight is 310 g/mol. The minimum Gasteiger partial charge on any atom is -0.443 e. The van der Waals surface area contributed by atoms with Crippen molar-refractivity contribution in [3.05, 3.63) is 25.5 Å². The normalized spacial score (nSPS) is 13.0. The molecule has 0 heterocycles. The van der Waals surface area contributed by atoms with E-state index in [0.717, 1.165) is 25.5 Å². The number of hydrogen-bond acceptors (Lipinski definition) is 4. The molecular formula is C18H30O4. The average Bonchev–Trinajstić information content (AvgIpc) is 2.48. The summed E-state index contributed by atoms with van der Waals surface area (Å²) in [4.78, 5) is 23.3. The third kappa shape index (κ3) is 8.01. The predicted octanol–water partition coefficient (Wildman–Crippen LogP) is 4.69. The highest BCUT2D eigenvalue weighted by Crippen LogP contribution is 2.24. The van der Waals surface area contributed by atoms with Crippen molar-refractivity contribution >= 4 is 11.9 Å². The summed E-state index contributed by atoms with van der Waals surface area (Å²) in [5.74, 6) is -1.17. The molecule has 0 aliphatic rings. The van der Waals surface area contributed by atoms with Crippen LogP contribution in [-0.4, -0.2) is 17.5 Å². The number of carbonyl (C=O) groups is 2. The molecule has 0 rings (SSSR count). The maximum absolute atomic E-state index is 12.0. The molecule has 0 aromatic carbocycles. The van der Waals surface area contributed by atoms with E-state index in [0.29, 0.717) is 6.42 Å². The van der Waals surface area contributed by atoms with Gasteiger partial charge in [-0.1, -0.05) is 65.0 Å². The highest BCUT2D eigenvalue weighted by atomic mass is 16.6. The summed E-state index contributed by atoms with van der Waals surface area (Å²) in [5, 5.41) is 0. The van der Waals surface area contributed by atoms with Crippen LogP contribution in [0.15, 0.2) is 25.5 Å². The predicted molar refractivity (Wildman–Crippen MR) is 88.2 cm³/mol. The van der Waals surface area contributed by atoms with E-state index in [4.69, 9.17) is 9.47 Å². The Hall–Kier alpha value is -1.58. The Morgan fingerprint density at radius 3 is 2.00 bits per heavy atom. The lowest BCUT2D eigenvalue weighted by atomic mass is 9.95. The Balaban J connectivity index is 4.29. The smallest absolute Gasteiger partial charge is 0.359 e. The van der Waals surface area contributed by atoms with Crippen LogP contribution in [0.5, 0.6) is 0 Å². The summed E-state index contributed by atoms with van der Waals surface area (Å²) in [5.41, 5.74) is -1.40. The van der Waals surface area contributed by atoms with Crippen LogP contribution < -0.4 is 0 Å². The molecule has 0 fully saturated rings. The van der Waals surface area contributed by atoms with Gasteiger partial charge in [0.25, 0.3) is 0 Å². The third-order valence-electron chi connectivity index (χ3n) is 3.59. The Kier molecular flexibility index (Phi) is 11.2. The van der Waals surface area contributed by atoms with Gasteiger partial charge in [0.15, 0.2) is 0 Å². The van der Waals surface area contributed by atoms with Crippen molar-refractivity contribution in [1.82, 2.24) is 0 Å². The van der Waals surface area contributed by atoms with Crippen molar-refractivity contribution in [2.24, 2.45) is 0 Å². The summed E-state index contributed by atoms with van der Waals surface area (Å²) in [6.45, 7) is 10.5. The number of esters is 2. The van der Waals surface area contributed by atoms with Crippen LogP contribution in [0.4, 0.5) is 0 Å². The molecule has 0 saturated heterocycles. The SMILES string of the molecule is C=COC(=O)C(C=C)(CCCCCCCCCC)OC(C)=O. The van der Waals surface area contributed by atoms with Crippen molar-refractivity contribution in [2.45, 2.75) is 77.2 Å². The molecular weight excluding hydrogens is 280 g/mol. The molecule has 22 heavy (non-hydrogen) atoms. The largest absolute Gasteiger partial charge is 0.443 e. The quantitative estimate of drug-likeness (QED) is 0.214. The molecule has 0 amide bonds. The fourth-order valence-electron chi connectivity index (χ4n) is 2.38. The van der Waals surface area contributed by atoms with Crippen LogP contribution >= 0.6 is 0 Å². The standard InChI is InChI=1S/C18H30O4/c1-5-8-9-10-11-12-13-14-15-18(6-2,22-16(4)19)17(20)21-7-3/h6-7H,2-3,5,8-15H2,1,4H3. The highest BCUT2D eigenvalue weighted by Gasteiger charge is 2.39. The summed E-state index contributed by atoms with van der Waals surface area (Å²) >= 11 is 0. The molecule has 0 bridgehead atoms. The van der Waals surface area contributed by atoms with E-state index in [1.807, 2.05) is 0 Å². The molecule has 1 unspecified atom stereocenters. The minimum absolute atomic E-state index is 0.387. The van der Waals surface area contributed by atoms with Crippen molar-refractivity contribution in [3.63, 3.8) is 0 Å². The molecule has 4 heteroatoms. The van der Waals surface area contributed by atoms with E-state index in [2.05, 4.69) is 20.1 Å². The zero-order valence-electron chi connectivity index (χ0n) is 14.1.